The van der Waals surface area contributed by atoms with E-state index in [-0.39, 0.29) is 10.6 Å². The highest BCUT2D eigenvalue weighted by Gasteiger charge is 2.21. The number of non-ortho nitro benzene ring substituents is 1. The Morgan fingerprint density at radius 3 is 2.25 bits per heavy atom. The number of nitro groups is 1. The monoisotopic (exact) mass is 396 g/mol. The Bertz CT molecular complexity index is 1110. The molecule has 6 nitrogen and oxygen atoms in total. The molecule has 3 aromatic carbocycles. The molecule has 0 aromatic heterocycles. The van der Waals surface area contributed by atoms with Gasteiger partial charge in [-0.3, -0.25) is 10.1 Å². The van der Waals surface area contributed by atoms with E-state index in [1.54, 1.807) is 11.9 Å². The maximum absolute atomic E-state index is 12.2. The quantitative estimate of drug-likeness (QED) is 0.458. The first-order valence-electron chi connectivity index (χ1n) is 8.60. The van der Waals surface area contributed by atoms with Gasteiger partial charge in [-0.2, -0.15) is 0 Å². The van der Waals surface area contributed by atoms with Gasteiger partial charge in [-0.25, -0.2) is 8.42 Å². The predicted octanol–water partition coefficient (Wildman–Crippen LogP) is 4.30. The molecule has 0 saturated heterocycles. The normalized spacial score (nSPS) is 11.2. The first kappa shape index (κ1) is 19.6. The minimum Gasteiger partial charge on any atom is -0.369 e. The lowest BCUT2D eigenvalue weighted by Gasteiger charge is -2.23. The van der Waals surface area contributed by atoms with Crippen LogP contribution < -0.4 is 4.90 Å². The van der Waals surface area contributed by atoms with E-state index in [0.717, 1.165) is 29.0 Å². The number of benzene rings is 3. The number of anilines is 1. The molecule has 28 heavy (non-hydrogen) atoms. The molecule has 0 fully saturated rings. The molecule has 0 aliphatic carbocycles. The number of rotatable bonds is 6. The van der Waals surface area contributed by atoms with Crippen LogP contribution in [0.1, 0.15) is 5.56 Å². The van der Waals surface area contributed by atoms with Gasteiger partial charge in [-0.1, -0.05) is 54.6 Å². The second-order valence-corrected chi connectivity index (χ2v) is 8.54. The third-order valence-corrected chi connectivity index (χ3v) is 5.60. The second kappa shape index (κ2) is 7.82. The first-order valence-corrected chi connectivity index (χ1v) is 10.5. The van der Waals surface area contributed by atoms with Crippen molar-refractivity contribution < 1.29 is 13.3 Å². The highest BCUT2D eigenvalue weighted by molar-refractivity contribution is 7.90. The topological polar surface area (TPSA) is 80.5 Å². The van der Waals surface area contributed by atoms with Crippen molar-refractivity contribution in [3.63, 3.8) is 0 Å². The molecule has 3 aromatic rings. The highest BCUT2D eigenvalue weighted by atomic mass is 32.2. The van der Waals surface area contributed by atoms with Crippen molar-refractivity contribution in [2.75, 3.05) is 18.2 Å². The van der Waals surface area contributed by atoms with Gasteiger partial charge < -0.3 is 4.90 Å². The van der Waals surface area contributed by atoms with Crippen LogP contribution in [-0.2, 0) is 16.4 Å². The summed E-state index contributed by atoms with van der Waals surface area (Å²) in [5.41, 5.74) is 3.32. The molecule has 0 saturated carbocycles. The van der Waals surface area contributed by atoms with Crippen LogP contribution in [0, 0.1) is 10.1 Å². The molecule has 3 rings (SSSR count). The summed E-state index contributed by atoms with van der Waals surface area (Å²) in [5.74, 6) is 0. The standard InChI is InChI=1S/C21H20N2O4S/c1-22(20-13-12-18(23(24)25)14-21(20)28(2,26)27)15-17-10-6-7-11-19(17)16-8-4-3-5-9-16/h3-14H,15H2,1-2H3. The van der Waals surface area contributed by atoms with Crippen molar-refractivity contribution in [1.82, 2.24) is 0 Å². The van der Waals surface area contributed by atoms with Crippen LogP contribution in [0.3, 0.4) is 0 Å². The van der Waals surface area contributed by atoms with E-state index in [4.69, 9.17) is 0 Å². The zero-order valence-electron chi connectivity index (χ0n) is 15.6. The molecule has 0 aliphatic rings. The van der Waals surface area contributed by atoms with Gasteiger partial charge in [0, 0.05) is 32.0 Å². The average molecular weight is 396 g/mol. The Hall–Kier alpha value is -3.19. The van der Waals surface area contributed by atoms with Gasteiger partial charge in [0.2, 0.25) is 0 Å². The highest BCUT2D eigenvalue weighted by Crippen LogP contribution is 2.31. The Kier molecular flexibility index (Phi) is 5.46. The third-order valence-electron chi connectivity index (χ3n) is 4.47. The third kappa shape index (κ3) is 4.20. The summed E-state index contributed by atoms with van der Waals surface area (Å²) in [7, 11) is -1.86. The lowest BCUT2D eigenvalue weighted by Crippen LogP contribution is -2.19. The van der Waals surface area contributed by atoms with Crippen LogP contribution in [0.25, 0.3) is 11.1 Å². The van der Waals surface area contributed by atoms with Gasteiger partial charge in [0.15, 0.2) is 9.84 Å². The van der Waals surface area contributed by atoms with Crippen LogP contribution in [0.15, 0.2) is 77.7 Å². The summed E-state index contributed by atoms with van der Waals surface area (Å²) >= 11 is 0. The average Bonchev–Trinajstić information content (AvgIpc) is 2.68. The Morgan fingerprint density at radius 1 is 0.964 bits per heavy atom. The largest absolute Gasteiger partial charge is 0.369 e. The van der Waals surface area contributed by atoms with Crippen molar-refractivity contribution in [2.24, 2.45) is 0 Å². The van der Waals surface area contributed by atoms with Crippen LogP contribution >= 0.6 is 0 Å². The lowest BCUT2D eigenvalue weighted by atomic mass is 9.99. The molecule has 0 amide bonds. The minimum absolute atomic E-state index is 0.0543. The van der Waals surface area contributed by atoms with Crippen LogP contribution in [0.2, 0.25) is 0 Å². The summed E-state index contributed by atoms with van der Waals surface area (Å²) in [5, 5.41) is 11.1. The van der Waals surface area contributed by atoms with E-state index >= 15 is 0 Å². The van der Waals surface area contributed by atoms with Gasteiger partial charge in [0.25, 0.3) is 5.69 Å². The Labute approximate surface area is 164 Å². The zero-order chi connectivity index (χ0) is 20.3. The van der Waals surface area contributed by atoms with E-state index in [1.165, 1.54) is 12.1 Å². The fourth-order valence-electron chi connectivity index (χ4n) is 3.13. The molecule has 0 bridgehead atoms. The fraction of sp³-hybridized carbons (Fsp3) is 0.143. The molecule has 7 heteroatoms. The molecular weight excluding hydrogens is 376 g/mol. The van der Waals surface area contributed by atoms with Crippen LogP contribution in [-0.4, -0.2) is 26.6 Å². The number of sulfone groups is 1. The SMILES string of the molecule is CN(Cc1ccccc1-c1ccccc1)c1ccc([N+](=O)[O-])cc1S(C)(=O)=O. The van der Waals surface area contributed by atoms with Crippen LogP contribution in [0.5, 0.6) is 0 Å². The lowest BCUT2D eigenvalue weighted by molar-refractivity contribution is -0.385. The molecule has 0 aliphatic heterocycles. The molecule has 0 atom stereocenters. The molecule has 0 spiro atoms. The fourth-order valence-corrected chi connectivity index (χ4v) is 4.07. The number of hydrogen-bond acceptors (Lipinski definition) is 5. The van der Waals surface area contributed by atoms with E-state index in [2.05, 4.69) is 0 Å². The number of hydrogen-bond donors (Lipinski definition) is 0. The number of nitro benzene ring substituents is 1. The summed E-state index contributed by atoms with van der Waals surface area (Å²) in [6.45, 7) is 0.450. The smallest absolute Gasteiger partial charge is 0.270 e. The van der Waals surface area contributed by atoms with E-state index in [9.17, 15) is 18.5 Å². The van der Waals surface area contributed by atoms with Gasteiger partial charge >= 0.3 is 0 Å². The molecular formula is C21H20N2O4S. The zero-order valence-corrected chi connectivity index (χ0v) is 16.4. The summed E-state index contributed by atoms with van der Waals surface area (Å²) in [6, 6.07) is 21.8. The molecule has 0 heterocycles. The van der Waals surface area contributed by atoms with Crippen molar-refractivity contribution in [2.45, 2.75) is 11.4 Å². The van der Waals surface area contributed by atoms with E-state index in [0.29, 0.717) is 12.2 Å². The van der Waals surface area contributed by atoms with Gasteiger partial charge in [-0.15, -0.1) is 0 Å². The van der Waals surface area contributed by atoms with Crippen molar-refractivity contribution in [3.8, 4) is 11.1 Å². The van der Waals surface area contributed by atoms with Gasteiger partial charge in [-0.05, 0) is 22.8 Å². The summed E-state index contributed by atoms with van der Waals surface area (Å²) in [4.78, 5) is 12.2. The first-order chi connectivity index (χ1) is 13.3. The summed E-state index contributed by atoms with van der Waals surface area (Å²) < 4.78 is 24.4. The summed E-state index contributed by atoms with van der Waals surface area (Å²) in [6.07, 6.45) is 1.06. The second-order valence-electron chi connectivity index (χ2n) is 6.56. The van der Waals surface area contributed by atoms with Crippen LogP contribution in [0.4, 0.5) is 11.4 Å². The van der Waals surface area contributed by atoms with E-state index in [1.807, 2.05) is 54.6 Å². The molecule has 0 N–H and O–H groups in total. The maximum Gasteiger partial charge on any atom is 0.270 e. The van der Waals surface area contributed by atoms with Crippen molar-refractivity contribution in [1.29, 1.82) is 0 Å². The predicted molar refractivity (Wildman–Crippen MR) is 110 cm³/mol. The number of nitrogens with zero attached hydrogens (tertiary/aromatic N) is 2. The minimum atomic E-state index is -3.64. The molecule has 0 unspecified atom stereocenters. The Morgan fingerprint density at radius 2 is 1.61 bits per heavy atom. The van der Waals surface area contributed by atoms with E-state index < -0.39 is 14.8 Å². The molecule has 0 radical (unpaired) electrons. The van der Waals surface area contributed by atoms with Crippen molar-refractivity contribution >= 4 is 21.2 Å². The van der Waals surface area contributed by atoms with Gasteiger partial charge in [0.1, 0.15) is 0 Å². The Balaban J connectivity index is 2.01. The molecule has 144 valence electrons. The van der Waals surface area contributed by atoms with Crippen molar-refractivity contribution in [3.05, 3.63) is 88.5 Å². The van der Waals surface area contributed by atoms with Gasteiger partial charge in [0.05, 0.1) is 15.5 Å². The maximum atomic E-state index is 12.2.